The Morgan fingerprint density at radius 1 is 1.14 bits per heavy atom. The fraction of sp³-hybridized carbons (Fsp3) is 0.583. The number of aromatic nitrogens is 1. The van der Waals surface area contributed by atoms with E-state index in [9.17, 15) is 0 Å². The normalized spacial score (nSPS) is 9.57. The molecule has 1 aromatic heterocycles. The van der Waals surface area contributed by atoms with Gasteiger partial charge in [-0.05, 0) is 6.42 Å². The van der Waals surface area contributed by atoms with Crippen LogP contribution in [0.15, 0.2) is 24.4 Å². The summed E-state index contributed by atoms with van der Waals surface area (Å²) in [6.07, 6.45) is 7.20. The van der Waals surface area contributed by atoms with Crippen molar-refractivity contribution in [1.82, 2.24) is 0 Å². The first-order valence-corrected chi connectivity index (χ1v) is 5.35. The Morgan fingerprint density at radius 2 is 1.93 bits per heavy atom. The van der Waals surface area contributed by atoms with Crippen LogP contribution in [0, 0.1) is 0 Å². The minimum atomic E-state index is 0. The zero-order valence-corrected chi connectivity index (χ0v) is 9.17. The van der Waals surface area contributed by atoms with E-state index in [0.29, 0.717) is 0 Å². The standard InChI is InChI=1S/C12H20N.FH/c1-3-5-8-12-9-6-7-11-13(12)10-4-2;/h6-7,9,11H,3-5,8,10H2,1-2H3;1H/q+1;/p-1. The number of pyridine rings is 1. The monoisotopic (exact) mass is 197 g/mol. The topological polar surface area (TPSA) is 3.88 Å². The largest absolute Gasteiger partial charge is 1.00 e. The third-order valence-electron chi connectivity index (χ3n) is 2.29. The summed E-state index contributed by atoms with van der Waals surface area (Å²) < 4.78 is 2.37. The van der Waals surface area contributed by atoms with Crippen LogP contribution in [0.3, 0.4) is 0 Å². The summed E-state index contributed by atoms with van der Waals surface area (Å²) in [4.78, 5) is 0. The summed E-state index contributed by atoms with van der Waals surface area (Å²) in [5, 5.41) is 0. The van der Waals surface area contributed by atoms with Gasteiger partial charge in [-0.2, -0.15) is 0 Å². The molecule has 0 aliphatic carbocycles. The van der Waals surface area contributed by atoms with Crippen LogP contribution in [-0.4, -0.2) is 0 Å². The predicted molar refractivity (Wildman–Crippen MR) is 55.5 cm³/mol. The maximum absolute atomic E-state index is 2.37. The first kappa shape index (κ1) is 13.1. The van der Waals surface area contributed by atoms with Gasteiger partial charge in [-0.25, -0.2) is 4.57 Å². The molecule has 0 saturated carbocycles. The molecule has 0 aromatic carbocycles. The fourth-order valence-electron chi connectivity index (χ4n) is 1.56. The quantitative estimate of drug-likeness (QED) is 0.572. The second kappa shape index (κ2) is 7.48. The van der Waals surface area contributed by atoms with Crippen LogP contribution in [0.1, 0.15) is 38.8 Å². The van der Waals surface area contributed by atoms with E-state index >= 15 is 0 Å². The Bertz CT molecular complexity index is 248. The van der Waals surface area contributed by atoms with E-state index in [-0.39, 0.29) is 4.70 Å². The summed E-state index contributed by atoms with van der Waals surface area (Å²) >= 11 is 0. The van der Waals surface area contributed by atoms with Gasteiger partial charge in [0.25, 0.3) is 0 Å². The lowest BCUT2D eigenvalue weighted by Crippen LogP contribution is -3.00. The molecule has 1 rings (SSSR count). The number of hydrogen-bond donors (Lipinski definition) is 0. The highest BCUT2D eigenvalue weighted by molar-refractivity contribution is 4.97. The lowest BCUT2D eigenvalue weighted by molar-refractivity contribution is -0.704. The minimum Gasteiger partial charge on any atom is -1.00 e. The molecule has 0 unspecified atom stereocenters. The van der Waals surface area contributed by atoms with Crippen molar-refractivity contribution in [3.8, 4) is 0 Å². The van der Waals surface area contributed by atoms with Crippen molar-refractivity contribution in [3.63, 3.8) is 0 Å². The van der Waals surface area contributed by atoms with Crippen molar-refractivity contribution in [1.29, 1.82) is 0 Å². The summed E-state index contributed by atoms with van der Waals surface area (Å²) in [5.74, 6) is 0. The van der Waals surface area contributed by atoms with Gasteiger partial charge in [0.15, 0.2) is 11.9 Å². The van der Waals surface area contributed by atoms with E-state index in [2.05, 4.69) is 42.8 Å². The third kappa shape index (κ3) is 3.86. The zero-order valence-electron chi connectivity index (χ0n) is 9.17. The molecule has 0 amide bonds. The van der Waals surface area contributed by atoms with Gasteiger partial charge >= 0.3 is 0 Å². The molecule has 0 atom stereocenters. The first-order chi connectivity index (χ1) is 6.38. The Labute approximate surface area is 86.1 Å². The van der Waals surface area contributed by atoms with Crippen LogP contribution in [0.2, 0.25) is 0 Å². The molecule has 0 fully saturated rings. The van der Waals surface area contributed by atoms with Crippen molar-refractivity contribution in [2.75, 3.05) is 0 Å². The molecule has 80 valence electrons. The van der Waals surface area contributed by atoms with E-state index in [1.165, 1.54) is 31.4 Å². The van der Waals surface area contributed by atoms with Gasteiger partial charge in [-0.15, -0.1) is 0 Å². The van der Waals surface area contributed by atoms with Gasteiger partial charge < -0.3 is 4.70 Å². The van der Waals surface area contributed by atoms with Gasteiger partial charge in [-0.3, -0.25) is 0 Å². The number of nitrogens with zero attached hydrogens (tertiary/aromatic N) is 1. The lowest BCUT2D eigenvalue weighted by atomic mass is 10.2. The molecular formula is C12H20FN. The van der Waals surface area contributed by atoms with Gasteiger partial charge in [-0.1, -0.05) is 26.3 Å². The second-order valence-electron chi connectivity index (χ2n) is 3.49. The molecular weight excluding hydrogens is 177 g/mol. The summed E-state index contributed by atoms with van der Waals surface area (Å²) in [7, 11) is 0. The number of halogens is 1. The molecule has 0 N–H and O–H groups in total. The van der Waals surface area contributed by atoms with Crippen molar-refractivity contribution >= 4 is 0 Å². The second-order valence-corrected chi connectivity index (χ2v) is 3.49. The van der Waals surface area contributed by atoms with Gasteiger partial charge in [0.1, 0.15) is 6.54 Å². The molecule has 0 aliphatic heterocycles. The number of hydrogen-bond acceptors (Lipinski definition) is 0. The van der Waals surface area contributed by atoms with Crippen LogP contribution in [0.25, 0.3) is 0 Å². The Hall–Kier alpha value is -0.920. The summed E-state index contributed by atoms with van der Waals surface area (Å²) in [6.45, 7) is 5.62. The van der Waals surface area contributed by atoms with Crippen LogP contribution in [0.5, 0.6) is 0 Å². The van der Waals surface area contributed by atoms with E-state index in [1.807, 2.05) is 0 Å². The first-order valence-electron chi connectivity index (χ1n) is 5.35. The highest BCUT2D eigenvalue weighted by Gasteiger charge is 2.06. The molecule has 0 aliphatic rings. The maximum atomic E-state index is 2.37. The van der Waals surface area contributed by atoms with Crippen LogP contribution in [-0.2, 0) is 13.0 Å². The van der Waals surface area contributed by atoms with Crippen molar-refractivity contribution in [3.05, 3.63) is 30.1 Å². The van der Waals surface area contributed by atoms with Crippen LogP contribution >= 0.6 is 0 Å². The van der Waals surface area contributed by atoms with E-state index in [0.717, 1.165) is 6.54 Å². The smallest absolute Gasteiger partial charge is 0.181 e. The average molecular weight is 197 g/mol. The molecule has 0 bridgehead atoms. The number of rotatable bonds is 5. The van der Waals surface area contributed by atoms with Crippen LogP contribution in [0.4, 0.5) is 0 Å². The van der Waals surface area contributed by atoms with Gasteiger partial charge in [0.2, 0.25) is 0 Å². The molecule has 0 spiro atoms. The molecule has 1 aromatic rings. The SMILES string of the molecule is CCCCc1cccc[n+]1CCC.[F-]. The van der Waals surface area contributed by atoms with Gasteiger partial charge in [0.05, 0.1) is 0 Å². The minimum absolute atomic E-state index is 0. The van der Waals surface area contributed by atoms with Crippen molar-refractivity contribution in [2.24, 2.45) is 0 Å². The van der Waals surface area contributed by atoms with Crippen molar-refractivity contribution in [2.45, 2.75) is 46.1 Å². The van der Waals surface area contributed by atoms with E-state index in [4.69, 9.17) is 0 Å². The molecule has 2 heteroatoms. The van der Waals surface area contributed by atoms with Crippen LogP contribution < -0.4 is 9.27 Å². The van der Waals surface area contributed by atoms with E-state index in [1.54, 1.807) is 0 Å². The predicted octanol–water partition coefficient (Wildman–Crippen LogP) is -0.269. The fourth-order valence-corrected chi connectivity index (χ4v) is 1.56. The highest BCUT2D eigenvalue weighted by Crippen LogP contribution is 1.99. The average Bonchev–Trinajstić information content (AvgIpc) is 2.17. The summed E-state index contributed by atoms with van der Waals surface area (Å²) in [6, 6.07) is 6.49. The number of aryl methyl sites for hydroxylation is 2. The lowest BCUT2D eigenvalue weighted by Gasteiger charge is -2.01. The van der Waals surface area contributed by atoms with E-state index < -0.39 is 0 Å². The number of unbranched alkanes of at least 4 members (excludes halogenated alkanes) is 1. The zero-order chi connectivity index (χ0) is 9.52. The molecule has 0 radical (unpaired) electrons. The third-order valence-corrected chi connectivity index (χ3v) is 2.29. The maximum Gasteiger partial charge on any atom is 0.181 e. The molecule has 1 nitrogen and oxygen atoms in total. The molecule has 0 saturated heterocycles. The molecule has 1 heterocycles. The Morgan fingerprint density at radius 3 is 2.57 bits per heavy atom. The highest BCUT2D eigenvalue weighted by atomic mass is 19.0. The Kier molecular flexibility index (Phi) is 6.99. The Balaban J connectivity index is 0.00000169. The molecule has 14 heavy (non-hydrogen) atoms. The van der Waals surface area contributed by atoms with Crippen molar-refractivity contribution < 1.29 is 9.27 Å². The van der Waals surface area contributed by atoms with Gasteiger partial charge in [0, 0.05) is 25.0 Å². The summed E-state index contributed by atoms with van der Waals surface area (Å²) in [5.41, 5.74) is 1.48.